The minimum Gasteiger partial charge on any atom is -0.488 e. The summed E-state index contributed by atoms with van der Waals surface area (Å²) in [6, 6.07) is 22.7. The predicted octanol–water partition coefficient (Wildman–Crippen LogP) is 8.18. The van der Waals surface area contributed by atoms with E-state index in [9.17, 15) is 15.0 Å². The molecule has 6 N–H and O–H groups in total. The first-order valence-electron chi connectivity index (χ1n) is 19.1. The Bertz CT molecular complexity index is 2330. The van der Waals surface area contributed by atoms with Crippen LogP contribution in [0, 0.1) is 13.8 Å². The number of imidazole rings is 1. The van der Waals surface area contributed by atoms with Gasteiger partial charge in [0.2, 0.25) is 0 Å². The standard InChI is InChI=1S/C45H51ClN6O5/c1-27(21-48-22-28(2)47-6)24-56-41-20-42(37(46)18-33(41)23-50-45(5,26-53)44(54)55)57-25-32-10-7-12-35(29(32)3)36-13-8-11-34(30(36)4)31-15-16-38-40(19-31)52-43(51-38)39-14-9-17-49-39/h7-8,10-13,15-16,18-22,39,47,49-50,53H,1,9,14,17,23-26H2,2-6H3,(H,51,52)(H,54,55)/b28-22+,48-21-/t39-,45?/m0/s1. The van der Waals surface area contributed by atoms with Crippen LogP contribution in [0.2, 0.25) is 5.02 Å². The average molecular weight is 791 g/mol. The molecule has 12 heteroatoms. The van der Waals surface area contributed by atoms with Gasteiger partial charge in [-0.25, -0.2) is 4.98 Å². The number of nitrogens with zero attached hydrogens (tertiary/aromatic N) is 2. The Morgan fingerprint density at radius 2 is 1.81 bits per heavy atom. The monoisotopic (exact) mass is 790 g/mol. The van der Waals surface area contributed by atoms with Crippen molar-refractivity contribution in [2.75, 3.05) is 26.8 Å². The molecule has 4 aromatic carbocycles. The van der Waals surface area contributed by atoms with Crippen molar-refractivity contribution in [2.45, 2.75) is 65.3 Å². The zero-order valence-corrected chi connectivity index (χ0v) is 33.9. The topological polar surface area (TPSA) is 153 Å². The summed E-state index contributed by atoms with van der Waals surface area (Å²) in [6.07, 6.45) is 5.53. The predicted molar refractivity (Wildman–Crippen MR) is 228 cm³/mol. The molecule has 0 saturated carbocycles. The number of H-pyrrole nitrogens is 1. The molecule has 1 aromatic heterocycles. The van der Waals surface area contributed by atoms with Crippen LogP contribution in [-0.4, -0.2) is 64.7 Å². The lowest BCUT2D eigenvalue weighted by Gasteiger charge is -2.25. The van der Waals surface area contributed by atoms with Crippen molar-refractivity contribution in [1.29, 1.82) is 0 Å². The molecule has 0 bridgehead atoms. The van der Waals surface area contributed by atoms with Crippen LogP contribution in [0.4, 0.5) is 0 Å². The van der Waals surface area contributed by atoms with Crippen LogP contribution in [0.5, 0.6) is 11.5 Å². The highest BCUT2D eigenvalue weighted by molar-refractivity contribution is 6.32. The largest absolute Gasteiger partial charge is 0.488 e. The molecule has 1 fully saturated rings. The Morgan fingerprint density at radius 3 is 2.53 bits per heavy atom. The average Bonchev–Trinajstić information content (AvgIpc) is 3.90. The number of hydrogen-bond acceptors (Lipinski definition) is 9. The van der Waals surface area contributed by atoms with Crippen LogP contribution in [0.15, 0.2) is 95.8 Å². The van der Waals surface area contributed by atoms with Gasteiger partial charge in [-0.3, -0.25) is 15.1 Å². The molecule has 1 saturated heterocycles. The zero-order valence-electron chi connectivity index (χ0n) is 33.1. The number of carboxylic acid groups (broad SMARTS) is 1. The second-order valence-electron chi connectivity index (χ2n) is 14.7. The fourth-order valence-electron chi connectivity index (χ4n) is 6.78. The number of fused-ring (bicyclic) bond motifs is 1. The van der Waals surface area contributed by atoms with Gasteiger partial charge in [-0.15, -0.1) is 0 Å². The minimum absolute atomic E-state index is 0.0530. The van der Waals surface area contributed by atoms with E-state index in [4.69, 9.17) is 26.1 Å². The summed E-state index contributed by atoms with van der Waals surface area (Å²) in [5.74, 6) is 0.628. The molecule has 0 radical (unpaired) electrons. The number of carbonyl (C=O) groups is 1. The first-order valence-corrected chi connectivity index (χ1v) is 19.4. The van der Waals surface area contributed by atoms with E-state index < -0.39 is 18.1 Å². The molecule has 11 nitrogen and oxygen atoms in total. The van der Waals surface area contributed by atoms with E-state index in [1.54, 1.807) is 24.5 Å². The quantitative estimate of drug-likeness (QED) is 0.0512. The molecule has 0 spiro atoms. The Morgan fingerprint density at radius 1 is 1.05 bits per heavy atom. The van der Waals surface area contributed by atoms with Gasteiger partial charge in [0, 0.05) is 48.9 Å². The van der Waals surface area contributed by atoms with Crippen molar-refractivity contribution in [1.82, 2.24) is 25.9 Å². The van der Waals surface area contributed by atoms with Crippen molar-refractivity contribution in [3.8, 4) is 33.8 Å². The summed E-state index contributed by atoms with van der Waals surface area (Å²) < 4.78 is 12.5. The molecule has 5 aromatic rings. The second-order valence-corrected chi connectivity index (χ2v) is 15.1. The minimum atomic E-state index is -1.57. The van der Waals surface area contributed by atoms with E-state index >= 15 is 0 Å². The zero-order chi connectivity index (χ0) is 40.7. The lowest BCUT2D eigenvalue weighted by Crippen LogP contribution is -2.52. The number of benzene rings is 4. The van der Waals surface area contributed by atoms with Crippen LogP contribution in [0.25, 0.3) is 33.3 Å². The van der Waals surface area contributed by atoms with Gasteiger partial charge in [-0.05, 0) is 104 Å². The van der Waals surface area contributed by atoms with Gasteiger partial charge in [-0.1, -0.05) is 60.6 Å². The maximum atomic E-state index is 11.9. The summed E-state index contributed by atoms with van der Waals surface area (Å²) in [5.41, 5.74) is 10.2. The smallest absolute Gasteiger partial charge is 0.326 e. The maximum absolute atomic E-state index is 11.9. The lowest BCUT2D eigenvalue weighted by atomic mass is 9.89. The Kier molecular flexibility index (Phi) is 13.2. The molecule has 6 rings (SSSR count). The van der Waals surface area contributed by atoms with Crippen LogP contribution >= 0.6 is 11.6 Å². The number of halogens is 1. The van der Waals surface area contributed by atoms with E-state index in [-0.39, 0.29) is 25.8 Å². The molecule has 1 aliphatic heterocycles. The van der Waals surface area contributed by atoms with Crippen molar-refractivity contribution < 1.29 is 24.5 Å². The molecule has 1 aliphatic rings. The van der Waals surface area contributed by atoms with Gasteiger partial charge in [0.15, 0.2) is 0 Å². The Balaban J connectivity index is 1.23. The second kappa shape index (κ2) is 18.2. The number of rotatable bonds is 17. The highest BCUT2D eigenvalue weighted by Crippen LogP contribution is 2.37. The molecule has 2 heterocycles. The maximum Gasteiger partial charge on any atom is 0.326 e. The fraction of sp³-hybridized carbons (Fsp3) is 0.311. The molecule has 298 valence electrons. The number of aromatic amines is 1. The molecular weight excluding hydrogens is 740 g/mol. The molecule has 57 heavy (non-hydrogen) atoms. The highest BCUT2D eigenvalue weighted by Gasteiger charge is 2.32. The number of carboxylic acids is 1. The third kappa shape index (κ3) is 9.57. The van der Waals surface area contributed by atoms with E-state index in [1.807, 2.05) is 26.1 Å². The van der Waals surface area contributed by atoms with Crippen LogP contribution < -0.4 is 25.4 Å². The summed E-state index contributed by atoms with van der Waals surface area (Å²) >= 11 is 6.79. The van der Waals surface area contributed by atoms with Gasteiger partial charge >= 0.3 is 5.97 Å². The molecule has 1 unspecified atom stereocenters. The summed E-state index contributed by atoms with van der Waals surface area (Å²) in [7, 11) is 1.81. The third-order valence-electron chi connectivity index (χ3n) is 10.6. The number of allylic oxidation sites excluding steroid dienone is 1. The van der Waals surface area contributed by atoms with Crippen LogP contribution in [0.1, 0.15) is 60.8 Å². The van der Waals surface area contributed by atoms with Gasteiger partial charge in [0.05, 0.1) is 28.7 Å². The van der Waals surface area contributed by atoms with Crippen molar-refractivity contribution in [3.05, 3.63) is 124 Å². The van der Waals surface area contributed by atoms with E-state index in [1.165, 1.54) is 12.5 Å². The van der Waals surface area contributed by atoms with Crippen molar-refractivity contribution >= 4 is 34.8 Å². The number of nitrogens with one attached hydrogen (secondary N) is 4. The van der Waals surface area contributed by atoms with Gasteiger partial charge in [-0.2, -0.15) is 0 Å². The van der Waals surface area contributed by atoms with Crippen molar-refractivity contribution in [2.24, 2.45) is 4.99 Å². The third-order valence-corrected chi connectivity index (χ3v) is 10.9. The highest BCUT2D eigenvalue weighted by atomic mass is 35.5. The van der Waals surface area contributed by atoms with Gasteiger partial charge < -0.3 is 35.3 Å². The van der Waals surface area contributed by atoms with E-state index in [0.717, 1.165) is 75.3 Å². The number of aliphatic hydroxyl groups is 1. The number of ether oxygens (including phenoxy) is 2. The molecule has 0 amide bonds. The van der Waals surface area contributed by atoms with Crippen LogP contribution in [0.3, 0.4) is 0 Å². The Hall–Kier alpha value is -5.46. The summed E-state index contributed by atoms with van der Waals surface area (Å²) in [6.45, 7) is 12.4. The summed E-state index contributed by atoms with van der Waals surface area (Å²) in [5, 5.41) is 29.3. The number of aromatic nitrogens is 2. The first-order chi connectivity index (χ1) is 27.4. The van der Waals surface area contributed by atoms with Gasteiger partial charge in [0.25, 0.3) is 0 Å². The van der Waals surface area contributed by atoms with Gasteiger partial charge in [0.1, 0.15) is 36.1 Å². The van der Waals surface area contributed by atoms with E-state index in [0.29, 0.717) is 27.7 Å². The molecular formula is C45H51ClN6O5. The molecule has 2 atom stereocenters. The number of aliphatic carboxylic acids is 1. The first kappa shape index (κ1) is 41.2. The Labute approximate surface area is 338 Å². The number of hydrogen-bond donors (Lipinski definition) is 6. The SMILES string of the molecule is C=C(/C=N\C=C(/C)NC)COc1cc(OCc2cccc(-c3cccc(-c4ccc5[nH]c([C@@H]6CCCN6)nc5c4)c3C)c2C)c(Cl)cc1CNC(C)(CO)C(=O)O. The number of aliphatic imine (C=N–C) groups is 1. The lowest BCUT2D eigenvalue weighted by molar-refractivity contribution is -0.145. The van der Waals surface area contributed by atoms with Crippen molar-refractivity contribution in [3.63, 3.8) is 0 Å². The fourth-order valence-corrected chi connectivity index (χ4v) is 7.02. The molecule has 0 aliphatic carbocycles. The normalized spacial score (nSPS) is 15.6. The summed E-state index contributed by atoms with van der Waals surface area (Å²) in [4.78, 5) is 24.6. The van der Waals surface area contributed by atoms with Crippen LogP contribution in [-0.2, 0) is 17.9 Å². The number of aliphatic hydroxyl groups excluding tert-OH is 1. The van der Waals surface area contributed by atoms with E-state index in [2.05, 4.69) is 88.8 Å².